The van der Waals surface area contributed by atoms with Crippen molar-refractivity contribution in [2.24, 2.45) is 0 Å². The molecule has 142 valence electrons. The highest BCUT2D eigenvalue weighted by Crippen LogP contribution is 2.29. The van der Waals surface area contributed by atoms with Crippen molar-refractivity contribution in [3.63, 3.8) is 0 Å². The minimum atomic E-state index is -0.340. The fourth-order valence-corrected chi connectivity index (χ4v) is 4.88. The third-order valence-electron chi connectivity index (χ3n) is 4.44. The molecule has 0 aliphatic carbocycles. The molecule has 7 heteroatoms. The minimum absolute atomic E-state index is 0.0543. The molecule has 27 heavy (non-hydrogen) atoms. The highest BCUT2D eigenvalue weighted by atomic mass is 32.2. The summed E-state index contributed by atoms with van der Waals surface area (Å²) in [5, 5.41) is 1.23. The summed E-state index contributed by atoms with van der Waals surface area (Å²) in [7, 11) is 1.36. The summed E-state index contributed by atoms with van der Waals surface area (Å²) in [6.07, 6.45) is 0.870. The number of hydrogen-bond acceptors (Lipinski definition) is 6. The first-order valence-corrected chi connectivity index (χ1v) is 10.5. The Morgan fingerprint density at radius 2 is 1.96 bits per heavy atom. The standard InChI is InChI=1S/C20H22N2O3S2/c1-5-15-13(3)17-18(27-15)21-20(26-11-16(23)25-4)22(19(17)24)10-14-8-6-12(2)7-9-14/h6-9H,5,10-11H2,1-4H3. The summed E-state index contributed by atoms with van der Waals surface area (Å²) in [6, 6.07) is 8.08. The molecule has 2 heterocycles. The van der Waals surface area contributed by atoms with Crippen molar-refractivity contribution >= 4 is 39.3 Å². The number of hydrogen-bond donors (Lipinski definition) is 0. The van der Waals surface area contributed by atoms with Gasteiger partial charge in [0.05, 0.1) is 24.8 Å². The molecule has 0 bridgehead atoms. The van der Waals surface area contributed by atoms with Crippen LogP contribution in [0.1, 0.15) is 28.5 Å². The van der Waals surface area contributed by atoms with E-state index >= 15 is 0 Å². The predicted octanol–water partition coefficient (Wildman–Crippen LogP) is 3.95. The number of nitrogens with zero attached hydrogens (tertiary/aromatic N) is 2. The fraction of sp³-hybridized carbons (Fsp3) is 0.350. The number of carbonyl (C=O) groups is 1. The predicted molar refractivity (Wildman–Crippen MR) is 111 cm³/mol. The molecule has 5 nitrogen and oxygen atoms in total. The zero-order valence-corrected chi connectivity index (χ0v) is 17.5. The van der Waals surface area contributed by atoms with Crippen molar-refractivity contribution in [3.05, 3.63) is 56.2 Å². The first-order chi connectivity index (χ1) is 12.9. The van der Waals surface area contributed by atoms with E-state index in [-0.39, 0.29) is 17.3 Å². The van der Waals surface area contributed by atoms with Gasteiger partial charge in [0, 0.05) is 4.88 Å². The summed E-state index contributed by atoms with van der Waals surface area (Å²) in [4.78, 5) is 31.5. The fourth-order valence-electron chi connectivity index (χ4n) is 2.89. The van der Waals surface area contributed by atoms with Crippen LogP contribution in [0.2, 0.25) is 0 Å². The van der Waals surface area contributed by atoms with Crippen molar-refractivity contribution < 1.29 is 9.53 Å². The topological polar surface area (TPSA) is 61.2 Å². The average molecular weight is 403 g/mol. The molecule has 0 radical (unpaired) electrons. The number of thiophene rings is 1. The summed E-state index contributed by atoms with van der Waals surface area (Å²) in [5.74, 6) is -0.222. The number of aryl methyl sites for hydroxylation is 3. The largest absolute Gasteiger partial charge is 0.468 e. The number of rotatable bonds is 6. The molecule has 0 aliphatic rings. The third kappa shape index (κ3) is 4.09. The lowest BCUT2D eigenvalue weighted by molar-refractivity contribution is -0.137. The Bertz CT molecular complexity index is 1040. The monoisotopic (exact) mass is 402 g/mol. The molecule has 2 aromatic heterocycles. The maximum absolute atomic E-state index is 13.3. The molecule has 1 aromatic carbocycles. The number of carbonyl (C=O) groups excluding carboxylic acids is 1. The lowest BCUT2D eigenvalue weighted by Crippen LogP contribution is -2.24. The van der Waals surface area contributed by atoms with Gasteiger partial charge in [-0.05, 0) is 31.4 Å². The van der Waals surface area contributed by atoms with E-state index in [0.717, 1.165) is 22.4 Å². The zero-order valence-electron chi connectivity index (χ0n) is 15.9. The average Bonchev–Trinajstić information content (AvgIpc) is 2.99. The Hall–Kier alpha value is -2.12. The first kappa shape index (κ1) is 19.6. The summed E-state index contributed by atoms with van der Waals surface area (Å²) in [5.41, 5.74) is 3.15. The van der Waals surface area contributed by atoms with Crippen LogP contribution >= 0.6 is 23.1 Å². The molecular formula is C20H22N2O3S2. The van der Waals surface area contributed by atoms with E-state index in [1.165, 1.54) is 29.3 Å². The second-order valence-corrected chi connectivity index (χ2v) is 8.35. The molecule has 3 aromatic rings. The van der Waals surface area contributed by atoms with Crippen LogP contribution in [0.3, 0.4) is 0 Å². The van der Waals surface area contributed by atoms with Gasteiger partial charge in [-0.25, -0.2) is 4.98 Å². The van der Waals surface area contributed by atoms with Crippen LogP contribution in [0.5, 0.6) is 0 Å². The van der Waals surface area contributed by atoms with Gasteiger partial charge in [-0.2, -0.15) is 0 Å². The molecule has 0 saturated carbocycles. The zero-order chi connectivity index (χ0) is 19.6. The van der Waals surface area contributed by atoms with Gasteiger partial charge >= 0.3 is 5.97 Å². The number of ether oxygens (including phenoxy) is 1. The van der Waals surface area contributed by atoms with E-state index < -0.39 is 0 Å². The molecule has 0 unspecified atom stereocenters. The second kappa shape index (κ2) is 8.27. The van der Waals surface area contributed by atoms with E-state index in [2.05, 4.69) is 6.92 Å². The number of thioether (sulfide) groups is 1. The highest BCUT2D eigenvalue weighted by Gasteiger charge is 2.18. The number of esters is 1. The number of aromatic nitrogens is 2. The van der Waals surface area contributed by atoms with Crippen molar-refractivity contribution in [2.75, 3.05) is 12.9 Å². The van der Waals surface area contributed by atoms with Crippen LogP contribution in [0.25, 0.3) is 10.2 Å². The Morgan fingerprint density at radius 1 is 1.26 bits per heavy atom. The van der Waals surface area contributed by atoms with Gasteiger partial charge in [0.1, 0.15) is 4.83 Å². The van der Waals surface area contributed by atoms with E-state index in [1.807, 2.05) is 38.1 Å². The Kier molecular flexibility index (Phi) is 6.01. The molecule has 0 atom stereocenters. The van der Waals surface area contributed by atoms with E-state index in [9.17, 15) is 9.59 Å². The molecule has 0 spiro atoms. The third-order valence-corrected chi connectivity index (χ3v) is 6.72. The van der Waals surface area contributed by atoms with Crippen LogP contribution < -0.4 is 5.56 Å². The highest BCUT2D eigenvalue weighted by molar-refractivity contribution is 7.99. The van der Waals surface area contributed by atoms with Crippen LogP contribution in [-0.2, 0) is 22.5 Å². The van der Waals surface area contributed by atoms with Gasteiger partial charge in [0.25, 0.3) is 5.56 Å². The van der Waals surface area contributed by atoms with Crippen LogP contribution in [-0.4, -0.2) is 28.4 Å². The van der Waals surface area contributed by atoms with Gasteiger partial charge in [0.2, 0.25) is 0 Å². The summed E-state index contributed by atoms with van der Waals surface area (Å²) in [6.45, 7) is 6.51. The lowest BCUT2D eigenvalue weighted by atomic mass is 10.1. The molecule has 3 rings (SSSR count). The first-order valence-electron chi connectivity index (χ1n) is 8.72. The van der Waals surface area contributed by atoms with Crippen molar-refractivity contribution in [1.82, 2.24) is 9.55 Å². The Morgan fingerprint density at radius 3 is 2.59 bits per heavy atom. The Balaban J connectivity index is 2.12. The van der Waals surface area contributed by atoms with Gasteiger partial charge in [-0.1, -0.05) is 48.5 Å². The maximum atomic E-state index is 13.3. The Labute approximate surface area is 166 Å². The van der Waals surface area contributed by atoms with Crippen molar-refractivity contribution in [2.45, 2.75) is 38.9 Å². The molecule has 0 fully saturated rings. The van der Waals surface area contributed by atoms with Gasteiger partial charge in [0.15, 0.2) is 5.16 Å². The smallest absolute Gasteiger partial charge is 0.316 e. The number of benzene rings is 1. The molecule has 0 N–H and O–H groups in total. The second-order valence-electron chi connectivity index (χ2n) is 6.32. The van der Waals surface area contributed by atoms with Crippen LogP contribution in [0.4, 0.5) is 0 Å². The molecule has 0 amide bonds. The molecular weight excluding hydrogens is 380 g/mol. The van der Waals surface area contributed by atoms with Gasteiger partial charge in [-0.15, -0.1) is 11.3 Å². The lowest BCUT2D eigenvalue weighted by Gasteiger charge is -2.12. The summed E-state index contributed by atoms with van der Waals surface area (Å²) >= 11 is 2.79. The molecule has 0 aliphatic heterocycles. The van der Waals surface area contributed by atoms with Crippen molar-refractivity contribution in [1.29, 1.82) is 0 Å². The number of fused-ring (bicyclic) bond motifs is 1. The van der Waals surface area contributed by atoms with Gasteiger partial charge in [-0.3, -0.25) is 14.2 Å². The van der Waals surface area contributed by atoms with Gasteiger partial charge < -0.3 is 4.74 Å². The number of methoxy groups -OCH3 is 1. The van der Waals surface area contributed by atoms with Crippen LogP contribution in [0, 0.1) is 13.8 Å². The van der Waals surface area contributed by atoms with E-state index in [0.29, 0.717) is 17.1 Å². The minimum Gasteiger partial charge on any atom is -0.468 e. The van der Waals surface area contributed by atoms with Crippen LogP contribution in [0.15, 0.2) is 34.2 Å². The SMILES string of the molecule is CCc1sc2nc(SCC(=O)OC)n(Cc3ccc(C)cc3)c(=O)c2c1C. The van der Waals surface area contributed by atoms with E-state index in [1.54, 1.807) is 15.9 Å². The molecule has 0 saturated heterocycles. The van der Waals surface area contributed by atoms with E-state index in [4.69, 9.17) is 9.72 Å². The summed E-state index contributed by atoms with van der Waals surface area (Å²) < 4.78 is 6.40. The van der Waals surface area contributed by atoms with Crippen molar-refractivity contribution in [3.8, 4) is 0 Å². The maximum Gasteiger partial charge on any atom is 0.316 e. The normalized spacial score (nSPS) is 11.1. The quantitative estimate of drug-likeness (QED) is 0.355.